The van der Waals surface area contributed by atoms with E-state index in [2.05, 4.69) is 29.9 Å². The molecule has 0 aliphatic carbocycles. The van der Waals surface area contributed by atoms with E-state index in [0.717, 1.165) is 29.9 Å². The van der Waals surface area contributed by atoms with Crippen molar-refractivity contribution < 1.29 is 0 Å². The maximum Gasteiger partial charge on any atom is 0.147 e. The zero-order valence-corrected chi connectivity index (χ0v) is 9.83. The summed E-state index contributed by atoms with van der Waals surface area (Å²) in [5.74, 6) is 1.31. The highest BCUT2D eigenvalue weighted by molar-refractivity contribution is 5.34. The van der Waals surface area contributed by atoms with E-state index in [1.807, 2.05) is 13.8 Å². The van der Waals surface area contributed by atoms with Crippen LogP contribution in [0.1, 0.15) is 43.5 Å². The summed E-state index contributed by atoms with van der Waals surface area (Å²) in [6, 6.07) is 2.15. The molecule has 0 atom stereocenters. The molecule has 0 radical (unpaired) electrons. The lowest BCUT2D eigenvalue weighted by molar-refractivity contribution is 0.616. The van der Waals surface area contributed by atoms with E-state index < -0.39 is 0 Å². The van der Waals surface area contributed by atoms with Crippen molar-refractivity contribution in [3.63, 3.8) is 0 Å². The molecular formula is C12H17N3. The number of nitriles is 1. The molecular weight excluding hydrogens is 186 g/mol. The quantitative estimate of drug-likeness (QED) is 0.758. The maximum absolute atomic E-state index is 8.99. The summed E-state index contributed by atoms with van der Waals surface area (Å²) in [5.41, 5.74) is 2.46. The summed E-state index contributed by atoms with van der Waals surface area (Å²) in [5, 5.41) is 8.99. The number of aryl methyl sites for hydroxylation is 1. The molecule has 0 fully saturated rings. The lowest BCUT2D eigenvalue weighted by Crippen LogP contribution is -2.07. The molecule has 0 aliphatic rings. The minimum atomic E-state index is 0.517. The highest BCUT2D eigenvalue weighted by Crippen LogP contribution is 2.12. The zero-order valence-electron chi connectivity index (χ0n) is 9.83. The molecule has 80 valence electrons. The Morgan fingerprint density at radius 1 is 1.33 bits per heavy atom. The largest absolute Gasteiger partial charge is 0.238 e. The van der Waals surface area contributed by atoms with Crippen molar-refractivity contribution in [3.05, 3.63) is 22.8 Å². The van der Waals surface area contributed by atoms with Crippen LogP contribution in [-0.4, -0.2) is 9.97 Å². The van der Waals surface area contributed by atoms with Gasteiger partial charge in [0.25, 0.3) is 0 Å². The van der Waals surface area contributed by atoms with Gasteiger partial charge in [-0.2, -0.15) is 5.26 Å². The van der Waals surface area contributed by atoms with Gasteiger partial charge >= 0.3 is 0 Å². The number of aromatic nitrogens is 2. The van der Waals surface area contributed by atoms with Crippen LogP contribution in [0.4, 0.5) is 0 Å². The molecule has 0 amide bonds. The monoisotopic (exact) mass is 203 g/mol. The molecule has 0 aromatic carbocycles. The average molecular weight is 203 g/mol. The molecule has 0 aliphatic heterocycles. The summed E-state index contributed by atoms with van der Waals surface area (Å²) in [6.07, 6.45) is 1.65. The highest BCUT2D eigenvalue weighted by Gasteiger charge is 2.10. The third kappa shape index (κ3) is 2.76. The predicted octanol–water partition coefficient (Wildman–Crippen LogP) is 2.42. The van der Waals surface area contributed by atoms with Crippen molar-refractivity contribution >= 4 is 0 Å². The van der Waals surface area contributed by atoms with E-state index >= 15 is 0 Å². The van der Waals surface area contributed by atoms with Gasteiger partial charge in [-0.25, -0.2) is 9.97 Å². The summed E-state index contributed by atoms with van der Waals surface area (Å²) in [6.45, 7) is 8.22. The molecule has 0 saturated carbocycles. The Bertz CT molecular complexity index is 389. The van der Waals surface area contributed by atoms with Crippen LogP contribution in [-0.2, 0) is 12.8 Å². The number of hydrogen-bond donors (Lipinski definition) is 0. The van der Waals surface area contributed by atoms with Crippen molar-refractivity contribution in [2.24, 2.45) is 5.92 Å². The van der Waals surface area contributed by atoms with Gasteiger partial charge < -0.3 is 0 Å². The van der Waals surface area contributed by atoms with E-state index in [1.54, 1.807) is 0 Å². The maximum atomic E-state index is 8.99. The standard InChI is InChI=1S/C12H17N3/c1-5-10-9(4)14-12(6-8(2)3)15-11(10)7-13/h8H,5-6H2,1-4H3. The molecule has 1 aromatic rings. The van der Waals surface area contributed by atoms with Crippen LogP contribution >= 0.6 is 0 Å². The fraction of sp³-hybridized carbons (Fsp3) is 0.583. The first-order chi connectivity index (χ1) is 7.08. The molecule has 15 heavy (non-hydrogen) atoms. The van der Waals surface area contributed by atoms with Crippen LogP contribution in [0, 0.1) is 24.2 Å². The Morgan fingerprint density at radius 3 is 2.47 bits per heavy atom. The highest BCUT2D eigenvalue weighted by atomic mass is 14.9. The number of nitrogens with zero attached hydrogens (tertiary/aromatic N) is 3. The van der Waals surface area contributed by atoms with E-state index in [4.69, 9.17) is 5.26 Å². The summed E-state index contributed by atoms with van der Waals surface area (Å²) >= 11 is 0. The van der Waals surface area contributed by atoms with Crippen molar-refractivity contribution in [2.75, 3.05) is 0 Å². The van der Waals surface area contributed by atoms with Crippen molar-refractivity contribution in [1.29, 1.82) is 5.26 Å². The van der Waals surface area contributed by atoms with Crippen molar-refractivity contribution in [1.82, 2.24) is 9.97 Å². The minimum absolute atomic E-state index is 0.517. The topological polar surface area (TPSA) is 49.6 Å². The fourth-order valence-electron chi connectivity index (χ4n) is 1.63. The normalized spacial score (nSPS) is 10.4. The molecule has 0 N–H and O–H groups in total. The average Bonchev–Trinajstić information content (AvgIpc) is 2.15. The number of rotatable bonds is 3. The Morgan fingerprint density at radius 2 is 2.00 bits per heavy atom. The Balaban J connectivity index is 3.15. The Kier molecular flexibility index (Phi) is 3.79. The zero-order chi connectivity index (χ0) is 11.4. The second-order valence-corrected chi connectivity index (χ2v) is 4.12. The van der Waals surface area contributed by atoms with Gasteiger partial charge in [0.2, 0.25) is 0 Å². The van der Waals surface area contributed by atoms with E-state index in [-0.39, 0.29) is 0 Å². The van der Waals surface area contributed by atoms with Gasteiger partial charge in [0, 0.05) is 17.7 Å². The molecule has 3 nitrogen and oxygen atoms in total. The molecule has 1 rings (SSSR count). The van der Waals surface area contributed by atoms with Crippen LogP contribution in [0.3, 0.4) is 0 Å². The Labute approximate surface area is 91.2 Å². The lowest BCUT2D eigenvalue weighted by atomic mass is 10.1. The van der Waals surface area contributed by atoms with E-state index in [1.165, 1.54) is 0 Å². The second kappa shape index (κ2) is 4.88. The molecule has 0 unspecified atom stereocenters. The number of hydrogen-bond acceptors (Lipinski definition) is 3. The van der Waals surface area contributed by atoms with Crippen molar-refractivity contribution in [2.45, 2.75) is 40.5 Å². The van der Waals surface area contributed by atoms with Gasteiger partial charge in [-0.1, -0.05) is 20.8 Å². The van der Waals surface area contributed by atoms with Gasteiger partial charge in [0.05, 0.1) is 0 Å². The lowest BCUT2D eigenvalue weighted by Gasteiger charge is -2.08. The summed E-state index contributed by atoms with van der Waals surface area (Å²) in [4.78, 5) is 8.72. The van der Waals surface area contributed by atoms with Gasteiger partial charge in [-0.15, -0.1) is 0 Å². The van der Waals surface area contributed by atoms with Gasteiger partial charge in [0.15, 0.2) is 0 Å². The van der Waals surface area contributed by atoms with E-state index in [0.29, 0.717) is 11.6 Å². The molecule has 0 bridgehead atoms. The van der Waals surface area contributed by atoms with Gasteiger partial charge in [-0.05, 0) is 19.3 Å². The van der Waals surface area contributed by atoms with Gasteiger partial charge in [0.1, 0.15) is 17.6 Å². The smallest absolute Gasteiger partial charge is 0.147 e. The summed E-state index contributed by atoms with van der Waals surface area (Å²) < 4.78 is 0. The molecule has 3 heteroatoms. The molecule has 0 saturated heterocycles. The predicted molar refractivity (Wildman–Crippen MR) is 59.4 cm³/mol. The van der Waals surface area contributed by atoms with Gasteiger partial charge in [-0.3, -0.25) is 0 Å². The molecule has 1 aromatic heterocycles. The first-order valence-corrected chi connectivity index (χ1v) is 5.35. The molecule has 0 spiro atoms. The molecule has 1 heterocycles. The fourth-order valence-corrected chi connectivity index (χ4v) is 1.63. The van der Waals surface area contributed by atoms with Crippen molar-refractivity contribution in [3.8, 4) is 6.07 Å². The van der Waals surface area contributed by atoms with Crippen LogP contribution in [0.15, 0.2) is 0 Å². The van der Waals surface area contributed by atoms with Crippen LogP contribution in [0.25, 0.3) is 0 Å². The summed E-state index contributed by atoms with van der Waals surface area (Å²) in [7, 11) is 0. The van der Waals surface area contributed by atoms with E-state index in [9.17, 15) is 0 Å². The third-order valence-electron chi connectivity index (χ3n) is 2.31. The second-order valence-electron chi connectivity index (χ2n) is 4.12. The Hall–Kier alpha value is -1.43. The SMILES string of the molecule is CCc1c(C)nc(CC(C)C)nc1C#N. The minimum Gasteiger partial charge on any atom is -0.238 e. The first kappa shape index (κ1) is 11.6. The van der Waals surface area contributed by atoms with Crippen LogP contribution in [0.5, 0.6) is 0 Å². The first-order valence-electron chi connectivity index (χ1n) is 5.35. The van der Waals surface area contributed by atoms with Crippen LogP contribution < -0.4 is 0 Å². The third-order valence-corrected chi connectivity index (χ3v) is 2.31. The van der Waals surface area contributed by atoms with Crippen LogP contribution in [0.2, 0.25) is 0 Å².